The number of fused-ring (bicyclic) bond motifs is 1. The Morgan fingerprint density at radius 2 is 1.50 bits per heavy atom. The van der Waals surface area contributed by atoms with Crippen LogP contribution in [0.4, 0.5) is 0 Å². The van der Waals surface area contributed by atoms with E-state index in [1.54, 1.807) is 7.11 Å². The summed E-state index contributed by atoms with van der Waals surface area (Å²) in [5.74, 6) is 0.762. The molecule has 5 aromatic rings. The van der Waals surface area contributed by atoms with Gasteiger partial charge in [0.1, 0.15) is 11.8 Å². The van der Waals surface area contributed by atoms with Crippen LogP contribution < -0.4 is 4.74 Å². The van der Waals surface area contributed by atoms with E-state index in [0.717, 1.165) is 44.9 Å². The van der Waals surface area contributed by atoms with E-state index in [2.05, 4.69) is 6.07 Å². The van der Waals surface area contributed by atoms with Gasteiger partial charge in [-0.05, 0) is 36.8 Å². The molecule has 5 nitrogen and oxygen atoms in total. The summed E-state index contributed by atoms with van der Waals surface area (Å²) in [5.41, 5.74) is 6.27. The first kappa shape index (κ1) is 19.5. The Balaban J connectivity index is 1.91. The first-order chi connectivity index (χ1) is 15.7. The Bertz CT molecular complexity index is 1450. The summed E-state index contributed by atoms with van der Waals surface area (Å²) in [6.07, 6.45) is 0. The average molecular weight is 416 g/mol. The summed E-state index contributed by atoms with van der Waals surface area (Å²) < 4.78 is 7.19. The van der Waals surface area contributed by atoms with Gasteiger partial charge in [-0.2, -0.15) is 10.4 Å². The van der Waals surface area contributed by atoms with Crippen LogP contribution in [0.15, 0.2) is 84.9 Å². The molecule has 5 rings (SSSR count). The molecular formula is C27H20N4O. The molecule has 2 aromatic heterocycles. The number of rotatable bonds is 4. The highest BCUT2D eigenvalue weighted by atomic mass is 16.5. The fraction of sp³-hybridized carbons (Fsp3) is 0.0741. The minimum Gasteiger partial charge on any atom is -0.497 e. The molecular weight excluding hydrogens is 396 g/mol. The summed E-state index contributed by atoms with van der Waals surface area (Å²) in [5, 5.41) is 15.9. The van der Waals surface area contributed by atoms with Gasteiger partial charge >= 0.3 is 0 Å². The quantitative estimate of drug-likeness (QED) is 0.363. The summed E-state index contributed by atoms with van der Waals surface area (Å²) >= 11 is 0. The van der Waals surface area contributed by atoms with E-state index in [0.29, 0.717) is 11.3 Å². The van der Waals surface area contributed by atoms with Crippen molar-refractivity contribution in [1.29, 1.82) is 5.26 Å². The Hall–Kier alpha value is -4.43. The van der Waals surface area contributed by atoms with Crippen molar-refractivity contribution >= 4 is 11.0 Å². The van der Waals surface area contributed by atoms with E-state index in [1.165, 1.54) is 0 Å². The van der Waals surface area contributed by atoms with Crippen molar-refractivity contribution in [2.24, 2.45) is 0 Å². The molecule has 0 aliphatic heterocycles. The smallest absolute Gasteiger partial charge is 0.164 e. The molecule has 3 aromatic carbocycles. The zero-order valence-electron chi connectivity index (χ0n) is 17.8. The largest absolute Gasteiger partial charge is 0.497 e. The predicted octanol–water partition coefficient (Wildman–Crippen LogP) is 5.94. The lowest BCUT2D eigenvalue weighted by Crippen LogP contribution is -2.01. The first-order valence-electron chi connectivity index (χ1n) is 10.3. The molecule has 0 fully saturated rings. The topological polar surface area (TPSA) is 63.7 Å². The first-order valence-corrected chi connectivity index (χ1v) is 10.3. The summed E-state index contributed by atoms with van der Waals surface area (Å²) in [6, 6.07) is 29.9. The Morgan fingerprint density at radius 3 is 2.12 bits per heavy atom. The number of aryl methyl sites for hydroxylation is 1. The third-order valence-electron chi connectivity index (χ3n) is 5.53. The summed E-state index contributed by atoms with van der Waals surface area (Å²) in [4.78, 5) is 4.99. The number of hydrogen-bond donors (Lipinski definition) is 0. The van der Waals surface area contributed by atoms with Gasteiger partial charge in [0.05, 0.1) is 35.1 Å². The van der Waals surface area contributed by atoms with Gasteiger partial charge in [-0.1, -0.05) is 60.7 Å². The lowest BCUT2D eigenvalue weighted by Gasteiger charge is -2.13. The monoisotopic (exact) mass is 416 g/mol. The van der Waals surface area contributed by atoms with E-state index < -0.39 is 0 Å². The highest BCUT2D eigenvalue weighted by Gasteiger charge is 2.23. The van der Waals surface area contributed by atoms with Crippen LogP contribution in [-0.4, -0.2) is 21.9 Å². The van der Waals surface area contributed by atoms with E-state index in [1.807, 2.05) is 96.5 Å². The zero-order valence-corrected chi connectivity index (χ0v) is 17.8. The molecule has 0 bridgehead atoms. The Morgan fingerprint density at radius 1 is 0.844 bits per heavy atom. The molecule has 2 heterocycles. The van der Waals surface area contributed by atoms with Crippen LogP contribution in [-0.2, 0) is 0 Å². The van der Waals surface area contributed by atoms with Crippen molar-refractivity contribution in [2.75, 3.05) is 7.11 Å². The molecule has 154 valence electrons. The van der Waals surface area contributed by atoms with Crippen LogP contribution in [0.2, 0.25) is 0 Å². The number of methoxy groups -OCH3 is 1. The molecule has 0 unspecified atom stereocenters. The number of pyridine rings is 1. The molecule has 5 heteroatoms. The number of ether oxygens (including phenoxy) is 1. The van der Waals surface area contributed by atoms with Crippen molar-refractivity contribution < 1.29 is 4.74 Å². The molecule has 32 heavy (non-hydrogen) atoms. The predicted molar refractivity (Wildman–Crippen MR) is 126 cm³/mol. The third-order valence-corrected chi connectivity index (χ3v) is 5.53. The number of aromatic nitrogens is 3. The average Bonchev–Trinajstić information content (AvgIpc) is 3.20. The standard InChI is InChI=1S/C27H20N4O/c1-18-24-25(19-13-15-22(32-2)16-14-19)23(17-28)26(20-9-5-3-6-10-20)29-27(24)31(30-18)21-11-7-4-8-12-21/h3-16H,1-2H3. The van der Waals surface area contributed by atoms with E-state index >= 15 is 0 Å². The maximum Gasteiger partial charge on any atom is 0.164 e. The van der Waals surface area contributed by atoms with E-state index in [-0.39, 0.29) is 0 Å². The Labute approximate surface area is 186 Å². The number of para-hydroxylation sites is 1. The maximum atomic E-state index is 10.3. The molecule has 0 N–H and O–H groups in total. The summed E-state index contributed by atoms with van der Waals surface area (Å²) in [7, 11) is 1.64. The Kier molecular flexibility index (Phi) is 4.89. The van der Waals surface area contributed by atoms with Crippen molar-refractivity contribution in [1.82, 2.24) is 14.8 Å². The van der Waals surface area contributed by atoms with Gasteiger partial charge in [0, 0.05) is 11.1 Å². The van der Waals surface area contributed by atoms with Gasteiger partial charge in [-0.25, -0.2) is 9.67 Å². The third kappa shape index (κ3) is 3.19. The number of hydrogen-bond acceptors (Lipinski definition) is 4. The fourth-order valence-electron chi connectivity index (χ4n) is 4.03. The van der Waals surface area contributed by atoms with Crippen LogP contribution in [0.1, 0.15) is 11.3 Å². The van der Waals surface area contributed by atoms with Crippen LogP contribution >= 0.6 is 0 Å². The SMILES string of the molecule is COc1ccc(-c2c(C#N)c(-c3ccccc3)nc3c2c(C)nn3-c2ccccc2)cc1. The van der Waals surface area contributed by atoms with Gasteiger partial charge in [-0.15, -0.1) is 0 Å². The summed E-state index contributed by atoms with van der Waals surface area (Å²) in [6.45, 7) is 1.96. The minimum atomic E-state index is 0.532. The molecule has 0 saturated heterocycles. The normalized spacial score (nSPS) is 10.8. The van der Waals surface area contributed by atoms with Gasteiger partial charge in [0.25, 0.3) is 0 Å². The lowest BCUT2D eigenvalue weighted by molar-refractivity contribution is 0.415. The van der Waals surface area contributed by atoms with Crippen LogP contribution in [0, 0.1) is 18.3 Å². The molecule has 0 amide bonds. The molecule has 0 aliphatic carbocycles. The van der Waals surface area contributed by atoms with E-state index in [9.17, 15) is 5.26 Å². The number of benzene rings is 3. The van der Waals surface area contributed by atoms with Gasteiger partial charge in [0.2, 0.25) is 0 Å². The number of nitriles is 1. The lowest BCUT2D eigenvalue weighted by atomic mass is 9.93. The molecule has 0 spiro atoms. The van der Waals surface area contributed by atoms with E-state index in [4.69, 9.17) is 14.8 Å². The molecule has 0 saturated carbocycles. The van der Waals surface area contributed by atoms with Gasteiger partial charge in [0.15, 0.2) is 5.65 Å². The zero-order chi connectivity index (χ0) is 22.1. The second-order valence-corrected chi connectivity index (χ2v) is 7.45. The number of nitrogens with zero attached hydrogens (tertiary/aromatic N) is 4. The van der Waals surface area contributed by atoms with Crippen LogP contribution in [0.25, 0.3) is 39.1 Å². The van der Waals surface area contributed by atoms with Crippen LogP contribution in [0.3, 0.4) is 0 Å². The van der Waals surface area contributed by atoms with Crippen LogP contribution in [0.5, 0.6) is 5.75 Å². The van der Waals surface area contributed by atoms with Gasteiger partial charge in [-0.3, -0.25) is 0 Å². The molecule has 0 aliphatic rings. The fourth-order valence-corrected chi connectivity index (χ4v) is 4.03. The van der Waals surface area contributed by atoms with Crippen molar-refractivity contribution in [3.05, 3.63) is 96.2 Å². The van der Waals surface area contributed by atoms with Crippen molar-refractivity contribution in [3.8, 4) is 39.9 Å². The second-order valence-electron chi connectivity index (χ2n) is 7.45. The molecule has 0 radical (unpaired) electrons. The highest BCUT2D eigenvalue weighted by Crippen LogP contribution is 2.39. The van der Waals surface area contributed by atoms with Gasteiger partial charge < -0.3 is 4.74 Å². The highest BCUT2D eigenvalue weighted by molar-refractivity contribution is 6.01. The maximum absolute atomic E-state index is 10.3. The second kappa shape index (κ2) is 8.01. The van der Waals surface area contributed by atoms with Crippen molar-refractivity contribution in [2.45, 2.75) is 6.92 Å². The minimum absolute atomic E-state index is 0.532. The van der Waals surface area contributed by atoms with Crippen molar-refractivity contribution in [3.63, 3.8) is 0 Å². The molecule has 0 atom stereocenters.